The predicted molar refractivity (Wildman–Crippen MR) is 109 cm³/mol. The average Bonchev–Trinajstić information content (AvgIpc) is 3.04. The van der Waals surface area contributed by atoms with Gasteiger partial charge in [0.05, 0.1) is 18.2 Å². The van der Waals surface area contributed by atoms with Crippen molar-refractivity contribution in [2.24, 2.45) is 0 Å². The zero-order valence-electron chi connectivity index (χ0n) is 14.3. The highest BCUT2D eigenvalue weighted by Gasteiger charge is 2.13. The van der Waals surface area contributed by atoms with Crippen molar-refractivity contribution in [3.63, 3.8) is 0 Å². The quantitative estimate of drug-likeness (QED) is 0.474. The molecule has 0 saturated carbocycles. The van der Waals surface area contributed by atoms with Crippen molar-refractivity contribution in [3.8, 4) is 12.1 Å². The standard InChI is InChI=1S/C21H15BrN4O/c22-18-7-2-3-8-19(18)25-21(27)15(13-24)12-16-14-26(11-5-10-23)20-9-4-1-6-17(16)20/h1-4,6-9,12,14H,5,11H2,(H,25,27). The molecule has 0 unspecified atom stereocenters. The van der Waals surface area contributed by atoms with Gasteiger partial charge >= 0.3 is 0 Å². The summed E-state index contributed by atoms with van der Waals surface area (Å²) in [6, 6.07) is 19.0. The fraction of sp³-hybridized carbons (Fsp3) is 0.0952. The van der Waals surface area contributed by atoms with Crippen molar-refractivity contribution >= 4 is 44.5 Å². The van der Waals surface area contributed by atoms with Crippen molar-refractivity contribution in [1.82, 2.24) is 4.57 Å². The first-order chi connectivity index (χ1) is 13.1. The zero-order chi connectivity index (χ0) is 19.2. The van der Waals surface area contributed by atoms with Crippen LogP contribution in [-0.2, 0) is 11.3 Å². The Hall–Kier alpha value is -3.35. The van der Waals surface area contributed by atoms with Crippen molar-refractivity contribution in [2.45, 2.75) is 13.0 Å². The first-order valence-corrected chi connectivity index (χ1v) is 9.06. The highest BCUT2D eigenvalue weighted by atomic mass is 79.9. The molecule has 6 heteroatoms. The Morgan fingerprint density at radius 1 is 1.15 bits per heavy atom. The molecular formula is C21H15BrN4O. The third-order valence-electron chi connectivity index (χ3n) is 4.07. The van der Waals surface area contributed by atoms with Crippen LogP contribution >= 0.6 is 15.9 Å². The van der Waals surface area contributed by atoms with Gasteiger partial charge in [0.15, 0.2) is 0 Å². The monoisotopic (exact) mass is 418 g/mol. The zero-order valence-corrected chi connectivity index (χ0v) is 15.9. The number of hydrogen-bond acceptors (Lipinski definition) is 3. The Morgan fingerprint density at radius 2 is 1.89 bits per heavy atom. The maximum Gasteiger partial charge on any atom is 0.266 e. The van der Waals surface area contributed by atoms with Crippen LogP contribution in [0.3, 0.4) is 0 Å². The summed E-state index contributed by atoms with van der Waals surface area (Å²) in [5.74, 6) is -0.474. The van der Waals surface area contributed by atoms with E-state index in [2.05, 4.69) is 27.3 Å². The summed E-state index contributed by atoms with van der Waals surface area (Å²) in [6.45, 7) is 0.551. The molecule has 0 fully saturated rings. The number of aromatic nitrogens is 1. The molecule has 0 aliphatic heterocycles. The lowest BCUT2D eigenvalue weighted by Gasteiger charge is -2.06. The largest absolute Gasteiger partial charge is 0.346 e. The second kappa shape index (κ2) is 8.35. The number of fused-ring (bicyclic) bond motifs is 1. The molecule has 0 saturated heterocycles. The molecule has 0 radical (unpaired) electrons. The van der Waals surface area contributed by atoms with Crippen LogP contribution in [0.1, 0.15) is 12.0 Å². The first-order valence-electron chi connectivity index (χ1n) is 8.26. The van der Waals surface area contributed by atoms with Gasteiger partial charge in [-0.1, -0.05) is 30.3 Å². The molecule has 132 valence electrons. The minimum atomic E-state index is -0.474. The van der Waals surface area contributed by atoms with E-state index in [-0.39, 0.29) is 5.57 Å². The Morgan fingerprint density at radius 3 is 2.63 bits per heavy atom. The van der Waals surface area contributed by atoms with E-state index >= 15 is 0 Å². The molecule has 2 aromatic carbocycles. The van der Waals surface area contributed by atoms with Crippen LogP contribution in [0.2, 0.25) is 0 Å². The van der Waals surface area contributed by atoms with Crippen LogP contribution in [0.15, 0.2) is 64.8 Å². The molecule has 5 nitrogen and oxygen atoms in total. The molecule has 27 heavy (non-hydrogen) atoms. The van der Waals surface area contributed by atoms with Gasteiger partial charge in [0.1, 0.15) is 11.6 Å². The number of halogens is 1. The average molecular weight is 419 g/mol. The summed E-state index contributed by atoms with van der Waals surface area (Å²) >= 11 is 3.38. The van der Waals surface area contributed by atoms with Gasteiger partial charge < -0.3 is 9.88 Å². The third kappa shape index (κ3) is 4.08. The molecule has 1 N–H and O–H groups in total. The number of benzene rings is 2. The van der Waals surface area contributed by atoms with E-state index in [9.17, 15) is 10.1 Å². The summed E-state index contributed by atoms with van der Waals surface area (Å²) < 4.78 is 2.70. The summed E-state index contributed by atoms with van der Waals surface area (Å²) in [5, 5.41) is 22.0. The minimum absolute atomic E-state index is 0.00828. The van der Waals surface area contributed by atoms with Crippen LogP contribution < -0.4 is 5.32 Å². The highest BCUT2D eigenvalue weighted by molar-refractivity contribution is 9.10. The second-order valence-corrected chi connectivity index (χ2v) is 6.66. The first kappa shape index (κ1) is 18.4. The number of anilines is 1. The Balaban J connectivity index is 1.96. The predicted octanol–water partition coefficient (Wildman–Crippen LogP) is 4.86. The van der Waals surface area contributed by atoms with E-state index in [4.69, 9.17) is 5.26 Å². The molecule has 1 amide bonds. The van der Waals surface area contributed by atoms with Crippen LogP contribution in [0, 0.1) is 22.7 Å². The fourth-order valence-corrected chi connectivity index (χ4v) is 3.19. The van der Waals surface area contributed by atoms with Crippen LogP contribution in [0.5, 0.6) is 0 Å². The smallest absolute Gasteiger partial charge is 0.266 e. The SMILES string of the molecule is N#CCCn1cc(C=C(C#N)C(=O)Nc2ccccc2Br)c2ccccc21. The maximum atomic E-state index is 12.5. The van der Waals surface area contributed by atoms with Crippen LogP contribution in [0.4, 0.5) is 5.69 Å². The number of nitrogens with zero attached hydrogens (tertiary/aromatic N) is 3. The van der Waals surface area contributed by atoms with E-state index in [1.807, 2.05) is 53.2 Å². The molecule has 0 aliphatic rings. The van der Waals surface area contributed by atoms with Crippen LogP contribution in [-0.4, -0.2) is 10.5 Å². The molecule has 3 rings (SSSR count). The molecule has 1 aromatic heterocycles. The van der Waals surface area contributed by atoms with Crippen molar-refractivity contribution < 1.29 is 4.79 Å². The number of carbonyl (C=O) groups is 1. The van der Waals surface area contributed by atoms with E-state index < -0.39 is 5.91 Å². The number of nitrogens with one attached hydrogen (secondary N) is 1. The Bertz CT molecular complexity index is 1120. The van der Waals surface area contributed by atoms with E-state index in [1.165, 1.54) is 0 Å². The highest BCUT2D eigenvalue weighted by Crippen LogP contribution is 2.25. The summed E-state index contributed by atoms with van der Waals surface area (Å²) in [4.78, 5) is 12.5. The fourth-order valence-electron chi connectivity index (χ4n) is 2.80. The molecule has 3 aromatic rings. The van der Waals surface area contributed by atoms with Gasteiger partial charge in [-0.15, -0.1) is 0 Å². The number of aryl methyl sites for hydroxylation is 1. The Kier molecular flexibility index (Phi) is 5.71. The van der Waals surface area contributed by atoms with Gasteiger partial charge in [0.2, 0.25) is 0 Å². The third-order valence-corrected chi connectivity index (χ3v) is 4.76. The molecule has 0 bridgehead atoms. The van der Waals surface area contributed by atoms with E-state index in [0.717, 1.165) is 20.9 Å². The van der Waals surface area contributed by atoms with Gasteiger partial charge in [-0.05, 0) is 40.2 Å². The van der Waals surface area contributed by atoms with Crippen LogP contribution in [0.25, 0.3) is 17.0 Å². The topological polar surface area (TPSA) is 81.6 Å². The second-order valence-electron chi connectivity index (χ2n) is 5.81. The van der Waals surface area contributed by atoms with Gasteiger partial charge in [-0.2, -0.15) is 10.5 Å². The van der Waals surface area contributed by atoms with E-state index in [0.29, 0.717) is 18.7 Å². The van der Waals surface area contributed by atoms with Gasteiger partial charge in [0, 0.05) is 33.7 Å². The van der Waals surface area contributed by atoms with Gasteiger partial charge in [0.25, 0.3) is 5.91 Å². The van der Waals surface area contributed by atoms with E-state index in [1.54, 1.807) is 18.2 Å². The summed E-state index contributed by atoms with van der Waals surface area (Å²) in [7, 11) is 0. The molecule has 0 aliphatic carbocycles. The molecule has 0 atom stereocenters. The number of hydrogen-bond donors (Lipinski definition) is 1. The lowest BCUT2D eigenvalue weighted by molar-refractivity contribution is -0.112. The maximum absolute atomic E-state index is 12.5. The Labute approximate surface area is 165 Å². The molecule has 1 heterocycles. The number of para-hydroxylation sites is 2. The molecule has 0 spiro atoms. The summed E-state index contributed by atoms with van der Waals surface area (Å²) in [6.07, 6.45) is 3.83. The number of nitriles is 2. The van der Waals surface area contributed by atoms with Gasteiger partial charge in [-0.3, -0.25) is 4.79 Å². The minimum Gasteiger partial charge on any atom is -0.346 e. The van der Waals surface area contributed by atoms with Gasteiger partial charge in [-0.25, -0.2) is 0 Å². The summed E-state index contributed by atoms with van der Waals surface area (Å²) in [5.41, 5.74) is 2.33. The normalized spacial score (nSPS) is 11.0. The van der Waals surface area contributed by atoms with Crippen molar-refractivity contribution in [2.75, 3.05) is 5.32 Å². The van der Waals surface area contributed by atoms with Crippen molar-refractivity contribution in [1.29, 1.82) is 10.5 Å². The number of carbonyl (C=O) groups excluding carboxylic acids is 1. The van der Waals surface area contributed by atoms with Crippen molar-refractivity contribution in [3.05, 3.63) is 70.3 Å². The molecular weight excluding hydrogens is 404 g/mol. The number of rotatable bonds is 5. The lowest BCUT2D eigenvalue weighted by Crippen LogP contribution is -2.13. The number of amides is 1. The lowest BCUT2D eigenvalue weighted by atomic mass is 10.1.